The zero-order valence-corrected chi connectivity index (χ0v) is 12.8. The van der Waals surface area contributed by atoms with Crippen LogP contribution in [0, 0.1) is 0 Å². The SMILES string of the molecule is CCCC(=O)NC1Cc2ccc(C3=NNC(=O)CC3)cc2C1. The molecule has 2 amide bonds. The summed E-state index contributed by atoms with van der Waals surface area (Å²) in [6.07, 6.45) is 4.41. The van der Waals surface area contributed by atoms with Gasteiger partial charge in [0.05, 0.1) is 5.71 Å². The molecule has 0 fully saturated rings. The Bertz CT molecular complexity index is 637. The van der Waals surface area contributed by atoms with Crippen molar-refractivity contribution in [3.63, 3.8) is 0 Å². The standard InChI is InChI=1S/C17H21N3O2/c1-2-3-16(21)18-14-9-11-4-5-12(8-13(11)10-14)15-6-7-17(22)20-19-15/h4-5,8,14H,2-3,6-7,9-10H2,1H3,(H,18,21)(H,20,22). The zero-order chi connectivity index (χ0) is 15.5. The molecule has 1 aliphatic heterocycles. The maximum Gasteiger partial charge on any atom is 0.240 e. The van der Waals surface area contributed by atoms with Gasteiger partial charge >= 0.3 is 0 Å². The van der Waals surface area contributed by atoms with E-state index in [0.717, 1.165) is 30.5 Å². The van der Waals surface area contributed by atoms with Crippen LogP contribution in [0.4, 0.5) is 0 Å². The van der Waals surface area contributed by atoms with Crippen LogP contribution in [0.3, 0.4) is 0 Å². The molecule has 0 saturated heterocycles. The summed E-state index contributed by atoms with van der Waals surface area (Å²) >= 11 is 0. The van der Waals surface area contributed by atoms with Crippen molar-refractivity contribution in [3.8, 4) is 0 Å². The second kappa shape index (κ2) is 6.30. The van der Waals surface area contributed by atoms with Crippen molar-refractivity contribution in [3.05, 3.63) is 34.9 Å². The number of carbonyl (C=O) groups is 2. The Morgan fingerprint density at radius 2 is 2.14 bits per heavy atom. The third kappa shape index (κ3) is 3.18. The number of rotatable bonds is 4. The molecule has 1 unspecified atom stereocenters. The topological polar surface area (TPSA) is 70.6 Å². The van der Waals surface area contributed by atoms with E-state index in [2.05, 4.69) is 34.0 Å². The van der Waals surface area contributed by atoms with E-state index in [-0.39, 0.29) is 17.9 Å². The van der Waals surface area contributed by atoms with Crippen molar-refractivity contribution in [2.24, 2.45) is 5.10 Å². The zero-order valence-electron chi connectivity index (χ0n) is 12.8. The van der Waals surface area contributed by atoms with E-state index in [1.807, 2.05) is 6.92 Å². The first-order chi connectivity index (χ1) is 10.7. The molecule has 1 aliphatic carbocycles. The van der Waals surface area contributed by atoms with Crippen molar-refractivity contribution in [1.82, 2.24) is 10.7 Å². The number of amides is 2. The molecule has 0 bridgehead atoms. The molecule has 3 rings (SSSR count). The predicted molar refractivity (Wildman–Crippen MR) is 84.6 cm³/mol. The fourth-order valence-corrected chi connectivity index (χ4v) is 3.11. The molecule has 0 radical (unpaired) electrons. The van der Waals surface area contributed by atoms with Crippen molar-refractivity contribution in [1.29, 1.82) is 0 Å². The van der Waals surface area contributed by atoms with Crippen molar-refractivity contribution in [2.75, 3.05) is 0 Å². The summed E-state index contributed by atoms with van der Waals surface area (Å²) in [4.78, 5) is 22.9. The lowest BCUT2D eigenvalue weighted by molar-refractivity contribution is -0.122. The van der Waals surface area contributed by atoms with Crippen LogP contribution in [0.25, 0.3) is 0 Å². The number of hydrogen-bond donors (Lipinski definition) is 2. The van der Waals surface area contributed by atoms with Crippen LogP contribution in [0.1, 0.15) is 49.3 Å². The quantitative estimate of drug-likeness (QED) is 0.888. The minimum atomic E-state index is -0.0244. The Morgan fingerprint density at radius 1 is 1.32 bits per heavy atom. The Balaban J connectivity index is 1.69. The maximum atomic E-state index is 11.7. The van der Waals surface area contributed by atoms with Crippen LogP contribution in [-0.4, -0.2) is 23.6 Å². The highest BCUT2D eigenvalue weighted by atomic mass is 16.2. The fraction of sp³-hybridized carbons (Fsp3) is 0.471. The van der Waals surface area contributed by atoms with Crippen molar-refractivity contribution in [2.45, 2.75) is 51.5 Å². The number of fused-ring (bicyclic) bond motifs is 1. The number of nitrogens with one attached hydrogen (secondary N) is 2. The van der Waals surface area contributed by atoms with E-state index in [9.17, 15) is 9.59 Å². The second-order valence-corrected chi connectivity index (χ2v) is 6.00. The minimum absolute atomic E-state index is 0.0244. The summed E-state index contributed by atoms with van der Waals surface area (Å²) < 4.78 is 0. The van der Waals surface area contributed by atoms with Crippen LogP contribution in [0.2, 0.25) is 0 Å². The van der Waals surface area contributed by atoms with Gasteiger partial charge in [0.1, 0.15) is 0 Å². The van der Waals surface area contributed by atoms with Gasteiger partial charge in [-0.15, -0.1) is 0 Å². The maximum absolute atomic E-state index is 11.7. The normalized spacial score (nSPS) is 20.1. The molecule has 5 nitrogen and oxygen atoms in total. The van der Waals surface area contributed by atoms with E-state index in [4.69, 9.17) is 0 Å². The van der Waals surface area contributed by atoms with Crippen LogP contribution in [0.15, 0.2) is 23.3 Å². The lowest BCUT2D eigenvalue weighted by Gasteiger charge is -2.13. The summed E-state index contributed by atoms with van der Waals surface area (Å²) in [6, 6.07) is 6.54. The molecule has 0 aromatic heterocycles. The van der Waals surface area contributed by atoms with E-state index in [1.54, 1.807) is 0 Å². The monoisotopic (exact) mass is 299 g/mol. The van der Waals surface area contributed by atoms with Gasteiger partial charge in [0, 0.05) is 25.3 Å². The van der Waals surface area contributed by atoms with Crippen LogP contribution >= 0.6 is 0 Å². The van der Waals surface area contributed by atoms with Crippen molar-refractivity contribution < 1.29 is 9.59 Å². The molecule has 2 N–H and O–H groups in total. The lowest BCUT2D eigenvalue weighted by Crippen LogP contribution is -2.34. The fourth-order valence-electron chi connectivity index (χ4n) is 3.11. The van der Waals surface area contributed by atoms with E-state index >= 15 is 0 Å². The van der Waals surface area contributed by atoms with Gasteiger partial charge in [0.25, 0.3) is 0 Å². The molecule has 0 saturated carbocycles. The summed E-state index contributed by atoms with van der Waals surface area (Å²) in [6.45, 7) is 2.01. The van der Waals surface area contributed by atoms with Gasteiger partial charge in [-0.2, -0.15) is 5.10 Å². The smallest absolute Gasteiger partial charge is 0.240 e. The van der Waals surface area contributed by atoms with Crippen LogP contribution in [0.5, 0.6) is 0 Å². The number of benzene rings is 1. The van der Waals surface area contributed by atoms with E-state index in [1.165, 1.54) is 11.1 Å². The Hall–Kier alpha value is -2.17. The van der Waals surface area contributed by atoms with E-state index in [0.29, 0.717) is 19.3 Å². The van der Waals surface area contributed by atoms with Crippen LogP contribution in [-0.2, 0) is 22.4 Å². The molecule has 5 heteroatoms. The first kappa shape index (κ1) is 14.8. The van der Waals surface area contributed by atoms with Crippen molar-refractivity contribution >= 4 is 17.5 Å². The number of carbonyl (C=O) groups excluding carboxylic acids is 2. The van der Waals surface area contributed by atoms with Gasteiger partial charge < -0.3 is 5.32 Å². The molecule has 22 heavy (non-hydrogen) atoms. The number of nitrogens with zero attached hydrogens (tertiary/aromatic N) is 1. The molecule has 116 valence electrons. The average Bonchev–Trinajstić information content (AvgIpc) is 2.89. The highest BCUT2D eigenvalue weighted by Crippen LogP contribution is 2.25. The predicted octanol–water partition coefficient (Wildman–Crippen LogP) is 1.68. The van der Waals surface area contributed by atoms with Gasteiger partial charge in [-0.3, -0.25) is 9.59 Å². The summed E-state index contributed by atoms with van der Waals surface area (Å²) in [7, 11) is 0. The van der Waals surface area contributed by atoms with Gasteiger partial charge in [-0.05, 0) is 42.0 Å². The summed E-state index contributed by atoms with van der Waals surface area (Å²) in [5.74, 6) is 0.114. The third-order valence-electron chi connectivity index (χ3n) is 4.22. The molecule has 0 spiro atoms. The van der Waals surface area contributed by atoms with Gasteiger partial charge in [0.2, 0.25) is 11.8 Å². The molecule has 1 aromatic carbocycles. The Labute approximate surface area is 130 Å². The first-order valence-electron chi connectivity index (χ1n) is 7.92. The van der Waals surface area contributed by atoms with E-state index < -0.39 is 0 Å². The summed E-state index contributed by atoms with van der Waals surface area (Å²) in [5, 5.41) is 7.25. The molecule has 1 aromatic rings. The molecule has 1 atom stereocenters. The molecule has 1 heterocycles. The number of hydrogen-bond acceptors (Lipinski definition) is 3. The average molecular weight is 299 g/mol. The third-order valence-corrected chi connectivity index (χ3v) is 4.22. The Kier molecular flexibility index (Phi) is 4.22. The highest BCUT2D eigenvalue weighted by Gasteiger charge is 2.24. The van der Waals surface area contributed by atoms with Gasteiger partial charge in [-0.1, -0.05) is 19.1 Å². The molecular weight excluding hydrogens is 278 g/mol. The Morgan fingerprint density at radius 3 is 2.86 bits per heavy atom. The largest absolute Gasteiger partial charge is 0.353 e. The first-order valence-corrected chi connectivity index (χ1v) is 7.92. The highest BCUT2D eigenvalue weighted by molar-refractivity contribution is 6.04. The number of hydrazone groups is 1. The molecular formula is C17H21N3O2. The molecule has 2 aliphatic rings. The second-order valence-electron chi connectivity index (χ2n) is 6.00. The van der Waals surface area contributed by atoms with Gasteiger partial charge in [-0.25, -0.2) is 5.43 Å². The van der Waals surface area contributed by atoms with Crippen LogP contribution < -0.4 is 10.7 Å². The lowest BCUT2D eigenvalue weighted by atomic mass is 10.00. The summed E-state index contributed by atoms with van der Waals surface area (Å²) in [5.41, 5.74) is 7.11. The van der Waals surface area contributed by atoms with Gasteiger partial charge in [0.15, 0.2) is 0 Å². The minimum Gasteiger partial charge on any atom is -0.353 e.